The summed E-state index contributed by atoms with van der Waals surface area (Å²) in [6.45, 7) is 6.32. The highest BCUT2D eigenvalue weighted by molar-refractivity contribution is 5.83. The van der Waals surface area contributed by atoms with E-state index in [0.29, 0.717) is 11.7 Å². The number of benzene rings is 1. The maximum Gasteiger partial charge on any atom is 0.135 e. The summed E-state index contributed by atoms with van der Waals surface area (Å²) in [5, 5.41) is 0. The van der Waals surface area contributed by atoms with E-state index in [-0.39, 0.29) is 10.8 Å². The molecular weight excluding hydrogens is 246 g/mol. The van der Waals surface area contributed by atoms with Crippen LogP contribution in [0.1, 0.15) is 57.6 Å². The van der Waals surface area contributed by atoms with Crippen LogP contribution in [0.5, 0.6) is 0 Å². The SMILES string of the molecule is CC(=O)[C@@]1(C)CCCC2(C)c3cc(N)ccc3CCC21. The van der Waals surface area contributed by atoms with E-state index < -0.39 is 0 Å². The summed E-state index contributed by atoms with van der Waals surface area (Å²) in [6, 6.07) is 6.36. The van der Waals surface area contributed by atoms with Crippen molar-refractivity contribution >= 4 is 11.5 Å². The molecule has 1 aromatic carbocycles. The lowest BCUT2D eigenvalue weighted by Gasteiger charge is -2.54. The van der Waals surface area contributed by atoms with Crippen LogP contribution in [0.15, 0.2) is 18.2 Å². The van der Waals surface area contributed by atoms with Crippen molar-refractivity contribution in [1.82, 2.24) is 0 Å². The molecule has 1 fully saturated rings. The van der Waals surface area contributed by atoms with Crippen molar-refractivity contribution in [3.05, 3.63) is 29.3 Å². The van der Waals surface area contributed by atoms with Crippen molar-refractivity contribution in [3.63, 3.8) is 0 Å². The number of rotatable bonds is 1. The molecule has 108 valence electrons. The number of Topliss-reactive ketones (excluding diaryl/α,β-unsaturated/α-hetero) is 1. The van der Waals surface area contributed by atoms with Gasteiger partial charge in [-0.25, -0.2) is 0 Å². The first-order chi connectivity index (χ1) is 9.38. The fourth-order valence-electron chi connectivity index (χ4n) is 4.90. The molecular formula is C18H25NO. The number of ketones is 1. The normalized spacial score (nSPS) is 36.0. The van der Waals surface area contributed by atoms with Gasteiger partial charge in [-0.3, -0.25) is 4.79 Å². The highest BCUT2D eigenvalue weighted by atomic mass is 16.1. The fraction of sp³-hybridized carbons (Fsp3) is 0.611. The van der Waals surface area contributed by atoms with Gasteiger partial charge in [0.05, 0.1) is 0 Å². The minimum atomic E-state index is -0.157. The molecule has 3 atom stereocenters. The predicted octanol–water partition coefficient (Wildman–Crippen LogP) is 3.87. The number of aryl methyl sites for hydroxylation is 1. The molecule has 2 heteroatoms. The molecule has 2 aliphatic carbocycles. The van der Waals surface area contributed by atoms with Gasteiger partial charge in [0.2, 0.25) is 0 Å². The van der Waals surface area contributed by atoms with E-state index in [2.05, 4.69) is 26.0 Å². The molecule has 0 aromatic heterocycles. The lowest BCUT2D eigenvalue weighted by atomic mass is 9.49. The number of carbonyl (C=O) groups excluding carboxylic acids is 1. The Morgan fingerprint density at radius 3 is 2.75 bits per heavy atom. The molecule has 0 aliphatic heterocycles. The third-order valence-electron chi connectivity index (χ3n) is 6.19. The summed E-state index contributed by atoms with van der Waals surface area (Å²) >= 11 is 0. The number of hydrogen-bond donors (Lipinski definition) is 1. The van der Waals surface area contributed by atoms with Gasteiger partial charge in [0, 0.05) is 11.1 Å². The lowest BCUT2D eigenvalue weighted by molar-refractivity contribution is -0.134. The van der Waals surface area contributed by atoms with E-state index in [4.69, 9.17) is 5.73 Å². The Balaban J connectivity index is 2.13. The van der Waals surface area contributed by atoms with E-state index in [1.54, 1.807) is 6.92 Å². The van der Waals surface area contributed by atoms with Crippen molar-refractivity contribution in [3.8, 4) is 0 Å². The number of anilines is 1. The predicted molar refractivity (Wildman–Crippen MR) is 82.7 cm³/mol. The zero-order valence-corrected chi connectivity index (χ0v) is 12.8. The summed E-state index contributed by atoms with van der Waals surface area (Å²) in [5.74, 6) is 0.816. The van der Waals surface area contributed by atoms with Gasteiger partial charge in [0.1, 0.15) is 5.78 Å². The second-order valence-corrected chi connectivity index (χ2v) is 7.25. The van der Waals surface area contributed by atoms with Gasteiger partial charge in [-0.05, 0) is 67.2 Å². The van der Waals surface area contributed by atoms with Gasteiger partial charge in [-0.15, -0.1) is 0 Å². The molecule has 2 unspecified atom stereocenters. The van der Waals surface area contributed by atoms with Crippen molar-refractivity contribution in [1.29, 1.82) is 0 Å². The monoisotopic (exact) mass is 271 g/mol. The molecule has 3 rings (SSSR count). The minimum Gasteiger partial charge on any atom is -0.399 e. The largest absolute Gasteiger partial charge is 0.399 e. The van der Waals surface area contributed by atoms with Crippen LogP contribution in [0.25, 0.3) is 0 Å². The van der Waals surface area contributed by atoms with Crippen molar-refractivity contribution in [2.45, 2.75) is 58.3 Å². The number of hydrogen-bond acceptors (Lipinski definition) is 2. The number of nitrogen functional groups attached to an aromatic ring is 1. The molecule has 2 N–H and O–H groups in total. The highest BCUT2D eigenvalue weighted by Gasteiger charge is 2.53. The van der Waals surface area contributed by atoms with Crippen molar-refractivity contribution in [2.24, 2.45) is 11.3 Å². The molecule has 0 amide bonds. The second-order valence-electron chi connectivity index (χ2n) is 7.25. The average Bonchev–Trinajstić information content (AvgIpc) is 2.39. The molecule has 0 saturated heterocycles. The maximum atomic E-state index is 12.3. The Labute approximate surface area is 121 Å². The summed E-state index contributed by atoms with van der Waals surface area (Å²) in [5.41, 5.74) is 9.67. The first-order valence-corrected chi connectivity index (χ1v) is 7.78. The number of fused-ring (bicyclic) bond motifs is 3. The van der Waals surface area contributed by atoms with E-state index >= 15 is 0 Å². The van der Waals surface area contributed by atoms with E-state index in [1.807, 2.05) is 6.07 Å². The van der Waals surface area contributed by atoms with Crippen LogP contribution in [0.2, 0.25) is 0 Å². The van der Waals surface area contributed by atoms with Crippen molar-refractivity contribution < 1.29 is 4.79 Å². The zero-order chi connectivity index (χ0) is 14.5. The van der Waals surface area contributed by atoms with Crippen molar-refractivity contribution in [2.75, 3.05) is 5.73 Å². The Morgan fingerprint density at radius 2 is 2.05 bits per heavy atom. The van der Waals surface area contributed by atoms with E-state index in [0.717, 1.165) is 31.4 Å². The summed E-state index contributed by atoms with van der Waals surface area (Å²) in [7, 11) is 0. The first-order valence-electron chi connectivity index (χ1n) is 7.78. The van der Waals surface area contributed by atoms with Crippen LogP contribution in [0.4, 0.5) is 5.69 Å². The standard InChI is InChI=1S/C18H25NO/c1-12(20)17(2)9-4-10-18(3)15-11-14(19)7-5-13(15)6-8-16(17)18/h5,7,11,16H,4,6,8-10,19H2,1-3H3/t16?,17-,18?/m1/s1. The molecule has 20 heavy (non-hydrogen) atoms. The molecule has 1 aromatic rings. The molecule has 0 bridgehead atoms. The van der Waals surface area contributed by atoms with Crippen LogP contribution >= 0.6 is 0 Å². The quantitative estimate of drug-likeness (QED) is 0.788. The first kappa shape index (κ1) is 13.7. The second kappa shape index (κ2) is 4.34. The van der Waals surface area contributed by atoms with Crippen LogP contribution in [0.3, 0.4) is 0 Å². The summed E-state index contributed by atoms with van der Waals surface area (Å²) in [4.78, 5) is 12.3. The minimum absolute atomic E-state index is 0.113. The van der Waals surface area contributed by atoms with Gasteiger partial charge >= 0.3 is 0 Å². The fourth-order valence-corrected chi connectivity index (χ4v) is 4.90. The van der Waals surface area contributed by atoms with Crippen LogP contribution in [0, 0.1) is 11.3 Å². The van der Waals surface area contributed by atoms with E-state index in [1.165, 1.54) is 17.5 Å². The Kier molecular flexibility index (Phi) is 2.97. The van der Waals surface area contributed by atoms with Gasteiger partial charge in [0.25, 0.3) is 0 Å². The number of nitrogens with two attached hydrogens (primary N) is 1. The third kappa shape index (κ3) is 1.73. The topological polar surface area (TPSA) is 43.1 Å². The Bertz CT molecular complexity index is 565. The summed E-state index contributed by atoms with van der Waals surface area (Å²) in [6.07, 6.45) is 5.57. The molecule has 2 nitrogen and oxygen atoms in total. The van der Waals surface area contributed by atoms with Gasteiger partial charge in [-0.2, -0.15) is 0 Å². The molecule has 0 radical (unpaired) electrons. The third-order valence-corrected chi connectivity index (χ3v) is 6.19. The zero-order valence-electron chi connectivity index (χ0n) is 12.8. The smallest absolute Gasteiger partial charge is 0.135 e. The highest BCUT2D eigenvalue weighted by Crippen LogP contribution is 2.57. The number of carbonyl (C=O) groups is 1. The molecule has 1 saturated carbocycles. The molecule has 0 spiro atoms. The average molecular weight is 271 g/mol. The van der Waals surface area contributed by atoms with E-state index in [9.17, 15) is 4.79 Å². The van der Waals surface area contributed by atoms with Gasteiger partial charge in [0.15, 0.2) is 0 Å². The van der Waals surface area contributed by atoms with Crippen LogP contribution in [-0.2, 0) is 16.6 Å². The summed E-state index contributed by atoms with van der Waals surface area (Å²) < 4.78 is 0. The van der Waals surface area contributed by atoms with Gasteiger partial charge in [-0.1, -0.05) is 26.3 Å². The van der Waals surface area contributed by atoms with Crippen LogP contribution < -0.4 is 5.73 Å². The van der Waals surface area contributed by atoms with Crippen LogP contribution in [-0.4, -0.2) is 5.78 Å². The lowest BCUT2D eigenvalue weighted by Crippen LogP contribution is -2.51. The molecule has 0 heterocycles. The Hall–Kier alpha value is -1.31. The Morgan fingerprint density at radius 1 is 1.30 bits per heavy atom. The maximum absolute atomic E-state index is 12.3. The van der Waals surface area contributed by atoms with Gasteiger partial charge < -0.3 is 5.73 Å². The molecule has 2 aliphatic rings.